The first-order valence-electron chi connectivity index (χ1n) is 5.51. The molecule has 0 fully saturated rings. The third-order valence-electron chi connectivity index (χ3n) is 2.59. The Balaban J connectivity index is 2.67. The summed E-state index contributed by atoms with van der Waals surface area (Å²) in [5, 5.41) is 20.7. The highest BCUT2D eigenvalue weighted by Crippen LogP contribution is 2.14. The fourth-order valence-electron chi connectivity index (χ4n) is 1.45. The van der Waals surface area contributed by atoms with E-state index in [9.17, 15) is 5.11 Å². The molecular formula is C12H19N3O2. The summed E-state index contributed by atoms with van der Waals surface area (Å²) in [5.74, 6) is 0.100. The van der Waals surface area contributed by atoms with E-state index in [0.29, 0.717) is 5.56 Å². The van der Waals surface area contributed by atoms with Crippen LogP contribution in [-0.2, 0) is 0 Å². The lowest BCUT2D eigenvalue weighted by Gasteiger charge is -2.20. The van der Waals surface area contributed by atoms with Crippen molar-refractivity contribution in [1.29, 1.82) is 0 Å². The molecule has 1 aromatic carbocycles. The maximum Gasteiger partial charge on any atom is 0.170 e. The van der Waals surface area contributed by atoms with Crippen LogP contribution in [0.3, 0.4) is 0 Å². The highest BCUT2D eigenvalue weighted by atomic mass is 16.4. The number of oxime groups is 1. The van der Waals surface area contributed by atoms with Crippen molar-refractivity contribution in [1.82, 2.24) is 0 Å². The molecule has 94 valence electrons. The lowest BCUT2D eigenvalue weighted by Crippen LogP contribution is -2.22. The minimum atomic E-state index is -0.297. The van der Waals surface area contributed by atoms with Crippen molar-refractivity contribution in [3.8, 4) is 0 Å². The molecule has 0 aliphatic carbocycles. The Hall–Kier alpha value is -1.75. The molecule has 0 amide bonds. The van der Waals surface area contributed by atoms with Crippen molar-refractivity contribution in [3.05, 3.63) is 29.8 Å². The van der Waals surface area contributed by atoms with Crippen LogP contribution in [-0.4, -0.2) is 35.8 Å². The maximum atomic E-state index is 9.21. The summed E-state index contributed by atoms with van der Waals surface area (Å²) in [6.45, 7) is 2.55. The van der Waals surface area contributed by atoms with E-state index in [1.165, 1.54) is 0 Å². The molecule has 1 rings (SSSR count). The minimum Gasteiger partial charge on any atom is -0.409 e. The molecule has 5 heteroatoms. The molecule has 1 atom stereocenters. The highest BCUT2D eigenvalue weighted by molar-refractivity contribution is 5.97. The number of rotatable bonds is 5. The average molecular weight is 237 g/mol. The van der Waals surface area contributed by atoms with Crippen molar-refractivity contribution in [3.63, 3.8) is 0 Å². The first kappa shape index (κ1) is 13.3. The molecule has 4 N–H and O–H groups in total. The fraction of sp³-hybridized carbons (Fsp3) is 0.417. The molecule has 17 heavy (non-hydrogen) atoms. The summed E-state index contributed by atoms with van der Waals surface area (Å²) < 4.78 is 0. The molecule has 0 saturated heterocycles. The third-order valence-corrected chi connectivity index (χ3v) is 2.59. The van der Waals surface area contributed by atoms with E-state index in [-0.39, 0.29) is 11.9 Å². The summed E-state index contributed by atoms with van der Waals surface area (Å²) in [5.41, 5.74) is 7.18. The lowest BCUT2D eigenvalue weighted by atomic mass is 10.1. The Bertz CT molecular complexity index is 374. The van der Waals surface area contributed by atoms with Crippen LogP contribution in [0.1, 0.15) is 18.9 Å². The molecule has 1 aromatic rings. The summed E-state index contributed by atoms with van der Waals surface area (Å²) in [7, 11) is 1.96. The van der Waals surface area contributed by atoms with Crippen LogP contribution >= 0.6 is 0 Å². The number of nitrogens with zero attached hydrogens (tertiary/aromatic N) is 2. The van der Waals surface area contributed by atoms with Crippen LogP contribution in [0.5, 0.6) is 0 Å². The van der Waals surface area contributed by atoms with Crippen LogP contribution in [0.15, 0.2) is 29.4 Å². The minimum absolute atomic E-state index is 0.100. The number of amidine groups is 1. The maximum absolute atomic E-state index is 9.21. The summed E-state index contributed by atoms with van der Waals surface area (Å²) >= 11 is 0. The van der Waals surface area contributed by atoms with E-state index in [1.807, 2.05) is 24.1 Å². The smallest absolute Gasteiger partial charge is 0.170 e. The van der Waals surface area contributed by atoms with Gasteiger partial charge in [0, 0.05) is 24.8 Å². The van der Waals surface area contributed by atoms with Gasteiger partial charge >= 0.3 is 0 Å². The monoisotopic (exact) mass is 237 g/mol. The average Bonchev–Trinajstić information content (AvgIpc) is 2.35. The number of hydrogen-bond donors (Lipinski definition) is 3. The van der Waals surface area contributed by atoms with E-state index in [1.54, 1.807) is 19.1 Å². The normalized spacial score (nSPS) is 13.5. The van der Waals surface area contributed by atoms with Crippen molar-refractivity contribution < 1.29 is 10.3 Å². The Morgan fingerprint density at radius 3 is 2.47 bits per heavy atom. The zero-order chi connectivity index (χ0) is 12.8. The number of hydrogen-bond acceptors (Lipinski definition) is 4. The van der Waals surface area contributed by atoms with E-state index in [2.05, 4.69) is 5.16 Å². The first-order chi connectivity index (χ1) is 8.04. The van der Waals surface area contributed by atoms with Gasteiger partial charge in [-0.15, -0.1) is 0 Å². The van der Waals surface area contributed by atoms with Gasteiger partial charge < -0.3 is 20.9 Å². The zero-order valence-corrected chi connectivity index (χ0v) is 10.2. The largest absolute Gasteiger partial charge is 0.409 e. The summed E-state index contributed by atoms with van der Waals surface area (Å²) in [6, 6.07) is 7.39. The molecule has 0 aliphatic rings. The van der Waals surface area contributed by atoms with Crippen LogP contribution in [0.4, 0.5) is 5.69 Å². The summed E-state index contributed by atoms with van der Waals surface area (Å²) in [4.78, 5) is 2.04. The van der Waals surface area contributed by atoms with Crippen molar-refractivity contribution in [2.45, 2.75) is 19.4 Å². The topological polar surface area (TPSA) is 82.1 Å². The predicted octanol–water partition coefficient (Wildman–Crippen LogP) is 0.988. The van der Waals surface area contributed by atoms with E-state index in [0.717, 1.165) is 18.7 Å². The van der Waals surface area contributed by atoms with Gasteiger partial charge in [-0.2, -0.15) is 0 Å². The predicted molar refractivity (Wildman–Crippen MR) is 68.5 cm³/mol. The van der Waals surface area contributed by atoms with Gasteiger partial charge in [-0.3, -0.25) is 0 Å². The van der Waals surface area contributed by atoms with E-state index in [4.69, 9.17) is 10.9 Å². The molecule has 0 heterocycles. The standard InChI is InChI=1S/C12H19N3O2/c1-9(16)7-8-15(2)11-5-3-10(4-6-11)12(13)14-17/h3-6,9,16-17H,7-8H2,1-2H3,(H2,13,14). The Kier molecular flexibility index (Phi) is 4.78. The van der Waals surface area contributed by atoms with Crippen molar-refractivity contribution in [2.75, 3.05) is 18.5 Å². The van der Waals surface area contributed by atoms with Gasteiger partial charge in [0.05, 0.1) is 6.10 Å². The zero-order valence-electron chi connectivity index (χ0n) is 10.2. The SMILES string of the molecule is CC(O)CCN(C)c1ccc(/C(N)=N/O)cc1. The number of nitrogens with two attached hydrogens (primary N) is 1. The second kappa shape index (κ2) is 6.10. The Labute approximate surface area is 101 Å². The first-order valence-corrected chi connectivity index (χ1v) is 5.51. The van der Waals surface area contributed by atoms with Crippen LogP contribution < -0.4 is 10.6 Å². The number of benzene rings is 1. The van der Waals surface area contributed by atoms with E-state index >= 15 is 0 Å². The van der Waals surface area contributed by atoms with Gasteiger partial charge in [-0.05, 0) is 37.6 Å². The molecule has 0 saturated carbocycles. The number of aliphatic hydroxyl groups is 1. The van der Waals surface area contributed by atoms with Crippen LogP contribution in [0, 0.1) is 0 Å². The van der Waals surface area contributed by atoms with Crippen LogP contribution in [0.25, 0.3) is 0 Å². The second-order valence-electron chi connectivity index (χ2n) is 4.09. The molecule has 5 nitrogen and oxygen atoms in total. The van der Waals surface area contributed by atoms with Gasteiger partial charge in [0.1, 0.15) is 0 Å². The second-order valence-corrected chi connectivity index (χ2v) is 4.09. The quantitative estimate of drug-likeness (QED) is 0.309. The van der Waals surface area contributed by atoms with Crippen molar-refractivity contribution in [2.24, 2.45) is 10.9 Å². The molecule has 0 aromatic heterocycles. The number of anilines is 1. The molecule has 0 aliphatic heterocycles. The third kappa shape index (κ3) is 3.96. The van der Waals surface area contributed by atoms with E-state index < -0.39 is 0 Å². The number of aliphatic hydroxyl groups excluding tert-OH is 1. The molecule has 1 unspecified atom stereocenters. The lowest BCUT2D eigenvalue weighted by molar-refractivity contribution is 0.187. The molecular weight excluding hydrogens is 218 g/mol. The molecule has 0 bridgehead atoms. The van der Waals surface area contributed by atoms with Gasteiger partial charge in [0.15, 0.2) is 5.84 Å². The van der Waals surface area contributed by atoms with Gasteiger partial charge in [-0.1, -0.05) is 5.16 Å². The van der Waals surface area contributed by atoms with Gasteiger partial charge in [-0.25, -0.2) is 0 Å². The van der Waals surface area contributed by atoms with Crippen LogP contribution in [0.2, 0.25) is 0 Å². The highest BCUT2D eigenvalue weighted by Gasteiger charge is 2.04. The Morgan fingerprint density at radius 1 is 1.41 bits per heavy atom. The summed E-state index contributed by atoms with van der Waals surface area (Å²) in [6.07, 6.45) is 0.423. The fourth-order valence-corrected chi connectivity index (χ4v) is 1.45. The van der Waals surface area contributed by atoms with Gasteiger partial charge in [0.2, 0.25) is 0 Å². The van der Waals surface area contributed by atoms with Gasteiger partial charge in [0.25, 0.3) is 0 Å². The molecule has 0 radical (unpaired) electrons. The Morgan fingerprint density at radius 2 is 2.00 bits per heavy atom. The molecule has 0 spiro atoms. The van der Waals surface area contributed by atoms with Crippen molar-refractivity contribution >= 4 is 11.5 Å².